The summed E-state index contributed by atoms with van der Waals surface area (Å²) in [6.07, 6.45) is 2.73. The van der Waals surface area contributed by atoms with Gasteiger partial charge in [0, 0.05) is 17.3 Å². The molecule has 0 saturated carbocycles. The molecule has 1 heterocycles. The molecule has 2 N–H and O–H groups in total. The number of methoxy groups -OCH3 is 1. The summed E-state index contributed by atoms with van der Waals surface area (Å²) in [6, 6.07) is 20.8. The van der Waals surface area contributed by atoms with Gasteiger partial charge in [0.15, 0.2) is 0 Å². The summed E-state index contributed by atoms with van der Waals surface area (Å²) in [5.74, 6) is -0.0332. The number of benzene rings is 3. The lowest BCUT2D eigenvalue weighted by molar-refractivity contribution is -0.117. The number of para-hydroxylation sites is 2. The van der Waals surface area contributed by atoms with Crippen molar-refractivity contribution in [3.8, 4) is 5.75 Å². The normalized spacial score (nSPS) is 15.6. The van der Waals surface area contributed by atoms with Crippen LogP contribution < -0.4 is 15.4 Å². The van der Waals surface area contributed by atoms with E-state index in [4.69, 9.17) is 4.74 Å². The Kier molecular flexibility index (Phi) is 7.54. The fourth-order valence-corrected chi connectivity index (χ4v) is 4.30. The molecule has 1 aliphatic rings. The summed E-state index contributed by atoms with van der Waals surface area (Å²) in [6.45, 7) is 1.12. The van der Waals surface area contributed by atoms with Gasteiger partial charge < -0.3 is 15.4 Å². The third kappa shape index (κ3) is 5.99. The lowest BCUT2D eigenvalue weighted by atomic mass is 10.0. The van der Waals surface area contributed by atoms with Crippen molar-refractivity contribution in [1.82, 2.24) is 4.90 Å². The zero-order valence-electron chi connectivity index (χ0n) is 19.1. The van der Waals surface area contributed by atoms with Crippen LogP contribution in [0.2, 0.25) is 0 Å². The van der Waals surface area contributed by atoms with Gasteiger partial charge in [-0.15, -0.1) is 0 Å². The maximum atomic E-state index is 13.5. The standard InChI is InChI=1S/C27H28FN3O3/c1-34-25-10-3-2-9-24(25)30-27(33)20-11-13-22(14-12-20)29-26(32)18-31-15-5-8-23(31)17-19-6-4-7-21(28)16-19/h2-4,6-7,9-14,16,23H,5,8,15,17-18H2,1H3,(H,29,32)(H,30,33). The van der Waals surface area contributed by atoms with Gasteiger partial charge in [-0.2, -0.15) is 0 Å². The van der Waals surface area contributed by atoms with Gasteiger partial charge in [0.2, 0.25) is 5.91 Å². The number of halogens is 1. The molecule has 7 heteroatoms. The van der Waals surface area contributed by atoms with Gasteiger partial charge in [-0.25, -0.2) is 4.39 Å². The molecule has 0 spiro atoms. The van der Waals surface area contributed by atoms with Crippen molar-refractivity contribution in [1.29, 1.82) is 0 Å². The molecule has 1 aliphatic heterocycles. The molecule has 1 fully saturated rings. The van der Waals surface area contributed by atoms with E-state index in [0.717, 1.165) is 31.4 Å². The Morgan fingerprint density at radius 1 is 1.03 bits per heavy atom. The third-order valence-corrected chi connectivity index (χ3v) is 5.99. The van der Waals surface area contributed by atoms with Crippen LogP contribution in [0.1, 0.15) is 28.8 Å². The molecule has 3 aromatic carbocycles. The molecule has 176 valence electrons. The monoisotopic (exact) mass is 461 g/mol. The van der Waals surface area contributed by atoms with Crippen LogP contribution in [-0.4, -0.2) is 43.0 Å². The van der Waals surface area contributed by atoms with Gasteiger partial charge >= 0.3 is 0 Å². The van der Waals surface area contributed by atoms with Crippen molar-refractivity contribution in [3.63, 3.8) is 0 Å². The number of rotatable bonds is 8. The second kappa shape index (κ2) is 10.9. The van der Waals surface area contributed by atoms with E-state index in [1.807, 2.05) is 18.2 Å². The SMILES string of the molecule is COc1ccccc1NC(=O)c1ccc(NC(=O)CN2CCCC2Cc2cccc(F)c2)cc1. The molecule has 2 amide bonds. The van der Waals surface area contributed by atoms with E-state index in [9.17, 15) is 14.0 Å². The Labute approximate surface area is 198 Å². The smallest absolute Gasteiger partial charge is 0.255 e. The highest BCUT2D eigenvalue weighted by Crippen LogP contribution is 2.24. The Morgan fingerprint density at radius 2 is 1.82 bits per heavy atom. The van der Waals surface area contributed by atoms with Crippen LogP contribution in [0.25, 0.3) is 0 Å². The van der Waals surface area contributed by atoms with Gasteiger partial charge in [0.1, 0.15) is 11.6 Å². The van der Waals surface area contributed by atoms with Crippen LogP contribution in [-0.2, 0) is 11.2 Å². The summed E-state index contributed by atoms with van der Waals surface area (Å²) in [7, 11) is 1.55. The molecule has 0 aliphatic carbocycles. The number of hydrogen-bond acceptors (Lipinski definition) is 4. The molecule has 0 aromatic heterocycles. The van der Waals surface area contributed by atoms with Crippen molar-refractivity contribution < 1.29 is 18.7 Å². The van der Waals surface area contributed by atoms with E-state index in [-0.39, 0.29) is 30.2 Å². The first-order chi connectivity index (χ1) is 16.5. The topological polar surface area (TPSA) is 70.7 Å². The Balaban J connectivity index is 1.31. The first kappa shape index (κ1) is 23.4. The molecule has 0 bridgehead atoms. The molecule has 0 radical (unpaired) electrons. The van der Waals surface area contributed by atoms with Crippen molar-refractivity contribution >= 4 is 23.2 Å². The van der Waals surface area contributed by atoms with E-state index >= 15 is 0 Å². The first-order valence-electron chi connectivity index (χ1n) is 11.3. The number of carbonyl (C=O) groups excluding carboxylic acids is 2. The molecule has 1 atom stereocenters. The Bertz CT molecular complexity index is 1150. The third-order valence-electron chi connectivity index (χ3n) is 5.99. The van der Waals surface area contributed by atoms with E-state index in [0.29, 0.717) is 22.7 Å². The largest absolute Gasteiger partial charge is 0.495 e. The lowest BCUT2D eigenvalue weighted by Crippen LogP contribution is -2.37. The summed E-state index contributed by atoms with van der Waals surface area (Å²) in [5.41, 5.74) is 2.63. The Hall–Kier alpha value is -3.71. The number of carbonyl (C=O) groups is 2. The van der Waals surface area contributed by atoms with Crippen LogP contribution in [0.3, 0.4) is 0 Å². The van der Waals surface area contributed by atoms with Gasteiger partial charge in [0.25, 0.3) is 5.91 Å². The maximum Gasteiger partial charge on any atom is 0.255 e. The molecule has 1 saturated heterocycles. The van der Waals surface area contributed by atoms with Crippen LogP contribution >= 0.6 is 0 Å². The van der Waals surface area contributed by atoms with E-state index in [2.05, 4.69) is 15.5 Å². The van der Waals surface area contributed by atoms with Gasteiger partial charge in [-0.3, -0.25) is 14.5 Å². The average molecular weight is 462 g/mol. The second-order valence-corrected chi connectivity index (χ2v) is 8.38. The van der Waals surface area contributed by atoms with Crippen LogP contribution in [0, 0.1) is 5.82 Å². The van der Waals surface area contributed by atoms with Gasteiger partial charge in [-0.1, -0.05) is 24.3 Å². The quantitative estimate of drug-likeness (QED) is 0.509. The van der Waals surface area contributed by atoms with E-state index < -0.39 is 0 Å². The highest BCUT2D eigenvalue weighted by Gasteiger charge is 2.26. The summed E-state index contributed by atoms with van der Waals surface area (Å²) >= 11 is 0. The minimum Gasteiger partial charge on any atom is -0.495 e. The fraction of sp³-hybridized carbons (Fsp3) is 0.259. The van der Waals surface area contributed by atoms with Gasteiger partial charge in [-0.05, 0) is 79.9 Å². The Morgan fingerprint density at radius 3 is 2.59 bits per heavy atom. The zero-order chi connectivity index (χ0) is 23.9. The van der Waals surface area contributed by atoms with Gasteiger partial charge in [0.05, 0.1) is 19.3 Å². The molecule has 1 unspecified atom stereocenters. The number of likely N-dealkylation sites (tertiary alicyclic amines) is 1. The molecular formula is C27H28FN3O3. The maximum absolute atomic E-state index is 13.5. The minimum atomic E-state index is -0.264. The average Bonchev–Trinajstić information content (AvgIpc) is 3.26. The van der Waals surface area contributed by atoms with Crippen molar-refractivity contribution in [2.75, 3.05) is 30.8 Å². The highest BCUT2D eigenvalue weighted by molar-refractivity contribution is 6.05. The fourth-order valence-electron chi connectivity index (χ4n) is 4.30. The molecule has 6 nitrogen and oxygen atoms in total. The van der Waals surface area contributed by atoms with E-state index in [1.165, 1.54) is 6.07 Å². The van der Waals surface area contributed by atoms with Crippen molar-refractivity contribution in [2.45, 2.75) is 25.3 Å². The highest BCUT2D eigenvalue weighted by atomic mass is 19.1. The summed E-state index contributed by atoms with van der Waals surface area (Å²) < 4.78 is 18.8. The second-order valence-electron chi connectivity index (χ2n) is 8.38. The van der Waals surface area contributed by atoms with Crippen LogP contribution in [0.5, 0.6) is 5.75 Å². The minimum absolute atomic E-state index is 0.114. The van der Waals surface area contributed by atoms with E-state index in [1.54, 1.807) is 55.6 Å². The number of nitrogens with one attached hydrogen (secondary N) is 2. The molecule has 4 rings (SSSR count). The van der Waals surface area contributed by atoms with Crippen LogP contribution in [0.4, 0.5) is 15.8 Å². The number of anilines is 2. The number of hydrogen-bond donors (Lipinski definition) is 2. The summed E-state index contributed by atoms with van der Waals surface area (Å²) in [4.78, 5) is 27.4. The molecule has 34 heavy (non-hydrogen) atoms. The number of amides is 2. The van der Waals surface area contributed by atoms with Crippen molar-refractivity contribution in [3.05, 3.63) is 89.7 Å². The molecular weight excluding hydrogens is 433 g/mol. The predicted octanol–water partition coefficient (Wildman–Crippen LogP) is 4.73. The zero-order valence-corrected chi connectivity index (χ0v) is 19.1. The number of nitrogens with zero attached hydrogens (tertiary/aromatic N) is 1. The first-order valence-corrected chi connectivity index (χ1v) is 11.3. The van der Waals surface area contributed by atoms with Crippen LogP contribution in [0.15, 0.2) is 72.8 Å². The number of ether oxygens (including phenoxy) is 1. The summed E-state index contributed by atoms with van der Waals surface area (Å²) in [5, 5.41) is 5.74. The van der Waals surface area contributed by atoms with Crippen molar-refractivity contribution in [2.24, 2.45) is 0 Å². The molecule has 3 aromatic rings. The lowest BCUT2D eigenvalue weighted by Gasteiger charge is -2.24. The predicted molar refractivity (Wildman–Crippen MR) is 131 cm³/mol.